The van der Waals surface area contributed by atoms with E-state index in [-0.39, 0.29) is 6.54 Å². The number of carbonyl (C=O) groups is 3. The van der Waals surface area contributed by atoms with Gasteiger partial charge in [0.1, 0.15) is 12.1 Å². The van der Waals surface area contributed by atoms with Gasteiger partial charge in [0.2, 0.25) is 5.91 Å². The van der Waals surface area contributed by atoms with Gasteiger partial charge in [-0.25, -0.2) is 4.79 Å². The number of hydrogen-bond acceptors (Lipinski definition) is 6. The maximum Gasteiger partial charge on any atom is 0.407 e. The molecule has 8 heteroatoms. The van der Waals surface area contributed by atoms with Crippen LogP contribution in [0.1, 0.15) is 40.0 Å². The fraction of sp³-hybridized carbons (Fsp3) is 0.786. The van der Waals surface area contributed by atoms with Gasteiger partial charge in [0, 0.05) is 6.54 Å². The summed E-state index contributed by atoms with van der Waals surface area (Å²) in [6.45, 7) is 5.63. The Hall–Kier alpha value is -1.83. The summed E-state index contributed by atoms with van der Waals surface area (Å²) >= 11 is 0. The van der Waals surface area contributed by atoms with Crippen LogP contribution >= 0.6 is 0 Å². The SMILES string of the molecule is COC(=O)CNC(=O)[C@H](N)CCCCNC(=O)OC(C)(C)C. The molecule has 0 unspecified atom stereocenters. The number of esters is 1. The molecule has 8 nitrogen and oxygen atoms in total. The zero-order valence-electron chi connectivity index (χ0n) is 13.7. The summed E-state index contributed by atoms with van der Waals surface area (Å²) in [5.74, 6) is -0.924. The molecule has 0 fully saturated rings. The number of nitrogens with two attached hydrogens (primary N) is 1. The van der Waals surface area contributed by atoms with E-state index in [1.54, 1.807) is 20.8 Å². The molecule has 1 atom stereocenters. The molecule has 0 rings (SSSR count). The Labute approximate surface area is 131 Å². The Morgan fingerprint density at radius 1 is 1.14 bits per heavy atom. The van der Waals surface area contributed by atoms with Gasteiger partial charge in [-0.3, -0.25) is 9.59 Å². The van der Waals surface area contributed by atoms with Gasteiger partial charge in [-0.15, -0.1) is 0 Å². The van der Waals surface area contributed by atoms with E-state index in [4.69, 9.17) is 10.5 Å². The molecular weight excluding hydrogens is 290 g/mol. The van der Waals surface area contributed by atoms with Crippen molar-refractivity contribution in [1.29, 1.82) is 0 Å². The summed E-state index contributed by atoms with van der Waals surface area (Å²) in [4.78, 5) is 33.8. The first kappa shape index (κ1) is 20.2. The number of unbranched alkanes of at least 4 members (excludes halogenated alkanes) is 1. The second-order valence-corrected chi connectivity index (χ2v) is 5.82. The highest BCUT2D eigenvalue weighted by molar-refractivity contribution is 5.85. The molecule has 0 aromatic rings. The summed E-state index contributed by atoms with van der Waals surface area (Å²) in [6, 6.07) is -0.689. The lowest BCUT2D eigenvalue weighted by Crippen LogP contribution is -2.42. The predicted molar refractivity (Wildman–Crippen MR) is 81.1 cm³/mol. The number of hydrogen-bond donors (Lipinski definition) is 3. The number of carbonyl (C=O) groups excluding carboxylic acids is 3. The first-order valence-electron chi connectivity index (χ1n) is 7.22. The minimum Gasteiger partial charge on any atom is -0.468 e. The molecule has 0 aliphatic rings. The van der Waals surface area contributed by atoms with Crippen LogP contribution in [0.25, 0.3) is 0 Å². The smallest absolute Gasteiger partial charge is 0.407 e. The molecule has 22 heavy (non-hydrogen) atoms. The molecular formula is C14H27N3O5. The molecule has 0 heterocycles. The second-order valence-electron chi connectivity index (χ2n) is 5.82. The highest BCUT2D eigenvalue weighted by Gasteiger charge is 2.16. The van der Waals surface area contributed by atoms with Crippen molar-refractivity contribution in [3.05, 3.63) is 0 Å². The standard InChI is InChI=1S/C14H27N3O5/c1-14(2,3)22-13(20)16-8-6-5-7-10(15)12(19)17-9-11(18)21-4/h10H,5-9,15H2,1-4H3,(H,16,20)(H,17,19)/t10-/m1/s1. The lowest BCUT2D eigenvalue weighted by atomic mass is 10.1. The minimum absolute atomic E-state index is 0.191. The van der Waals surface area contributed by atoms with Crippen LogP contribution in [0.15, 0.2) is 0 Å². The van der Waals surface area contributed by atoms with Crippen molar-refractivity contribution in [1.82, 2.24) is 10.6 Å². The number of methoxy groups -OCH3 is 1. The van der Waals surface area contributed by atoms with Gasteiger partial charge in [0.25, 0.3) is 0 Å². The quantitative estimate of drug-likeness (QED) is 0.437. The van der Waals surface area contributed by atoms with Crippen molar-refractivity contribution < 1.29 is 23.9 Å². The average Bonchev–Trinajstić information content (AvgIpc) is 2.41. The Morgan fingerprint density at radius 2 is 1.77 bits per heavy atom. The molecule has 128 valence electrons. The van der Waals surface area contributed by atoms with Crippen LogP contribution in [0.4, 0.5) is 4.79 Å². The molecule has 0 radical (unpaired) electrons. The zero-order chi connectivity index (χ0) is 17.2. The Morgan fingerprint density at radius 3 is 2.32 bits per heavy atom. The van der Waals surface area contributed by atoms with Crippen molar-refractivity contribution in [2.24, 2.45) is 5.73 Å². The molecule has 0 saturated heterocycles. The largest absolute Gasteiger partial charge is 0.468 e. The lowest BCUT2D eigenvalue weighted by molar-refractivity contribution is -0.141. The van der Waals surface area contributed by atoms with E-state index in [1.165, 1.54) is 7.11 Å². The first-order valence-corrected chi connectivity index (χ1v) is 7.22. The number of ether oxygens (including phenoxy) is 2. The highest BCUT2D eigenvalue weighted by Crippen LogP contribution is 2.06. The first-order chi connectivity index (χ1) is 10.2. The molecule has 0 aliphatic heterocycles. The maximum absolute atomic E-state index is 11.6. The molecule has 0 bridgehead atoms. The number of amides is 2. The van der Waals surface area contributed by atoms with Gasteiger partial charge in [-0.1, -0.05) is 0 Å². The van der Waals surface area contributed by atoms with Crippen molar-refractivity contribution in [3.63, 3.8) is 0 Å². The Bertz CT molecular complexity index is 379. The maximum atomic E-state index is 11.6. The van der Waals surface area contributed by atoms with Gasteiger partial charge in [0.05, 0.1) is 13.2 Å². The van der Waals surface area contributed by atoms with Crippen molar-refractivity contribution in [2.45, 2.75) is 51.7 Å². The highest BCUT2D eigenvalue weighted by atomic mass is 16.6. The van der Waals surface area contributed by atoms with E-state index >= 15 is 0 Å². The normalized spacial score (nSPS) is 12.2. The van der Waals surface area contributed by atoms with E-state index in [0.717, 1.165) is 0 Å². The monoisotopic (exact) mass is 317 g/mol. The fourth-order valence-electron chi connectivity index (χ4n) is 1.49. The second kappa shape index (κ2) is 9.99. The van der Waals surface area contributed by atoms with Crippen LogP contribution in [0.2, 0.25) is 0 Å². The van der Waals surface area contributed by atoms with Crippen LogP contribution in [0, 0.1) is 0 Å². The van der Waals surface area contributed by atoms with Gasteiger partial charge < -0.3 is 25.8 Å². The van der Waals surface area contributed by atoms with Crippen LogP contribution in [0.3, 0.4) is 0 Å². The third-order valence-electron chi connectivity index (χ3n) is 2.58. The summed E-state index contributed by atoms with van der Waals surface area (Å²) < 4.78 is 9.49. The van der Waals surface area contributed by atoms with E-state index in [1.807, 2.05) is 0 Å². The van der Waals surface area contributed by atoms with Gasteiger partial charge in [-0.2, -0.15) is 0 Å². The zero-order valence-corrected chi connectivity index (χ0v) is 13.7. The third kappa shape index (κ3) is 10.9. The minimum atomic E-state index is -0.689. The number of alkyl carbamates (subject to hydrolysis) is 1. The van der Waals surface area contributed by atoms with Crippen LogP contribution < -0.4 is 16.4 Å². The van der Waals surface area contributed by atoms with E-state index in [9.17, 15) is 14.4 Å². The number of nitrogens with one attached hydrogen (secondary N) is 2. The molecule has 0 aliphatic carbocycles. The molecule has 0 spiro atoms. The van der Waals surface area contributed by atoms with Gasteiger partial charge >= 0.3 is 12.1 Å². The number of rotatable bonds is 8. The molecule has 2 amide bonds. The Balaban J connectivity index is 3.72. The van der Waals surface area contributed by atoms with Crippen LogP contribution in [-0.4, -0.2) is 49.8 Å². The van der Waals surface area contributed by atoms with E-state index < -0.39 is 29.6 Å². The van der Waals surface area contributed by atoms with E-state index in [0.29, 0.717) is 25.8 Å². The van der Waals surface area contributed by atoms with E-state index in [2.05, 4.69) is 15.4 Å². The van der Waals surface area contributed by atoms with Crippen molar-refractivity contribution in [2.75, 3.05) is 20.2 Å². The van der Waals surface area contributed by atoms with Gasteiger partial charge in [0.15, 0.2) is 0 Å². The molecule has 0 saturated carbocycles. The summed E-state index contributed by atoms with van der Waals surface area (Å²) in [5.41, 5.74) is 5.17. The topological polar surface area (TPSA) is 120 Å². The Kier molecular flexibility index (Phi) is 9.16. The average molecular weight is 317 g/mol. The van der Waals surface area contributed by atoms with Crippen molar-refractivity contribution >= 4 is 18.0 Å². The van der Waals surface area contributed by atoms with Crippen LogP contribution in [-0.2, 0) is 19.1 Å². The third-order valence-corrected chi connectivity index (χ3v) is 2.58. The lowest BCUT2D eigenvalue weighted by Gasteiger charge is -2.19. The molecule has 0 aromatic heterocycles. The fourth-order valence-corrected chi connectivity index (χ4v) is 1.49. The van der Waals surface area contributed by atoms with Crippen molar-refractivity contribution in [3.8, 4) is 0 Å². The van der Waals surface area contributed by atoms with Crippen LogP contribution in [0.5, 0.6) is 0 Å². The molecule has 4 N–H and O–H groups in total. The summed E-state index contributed by atoms with van der Waals surface area (Å²) in [7, 11) is 1.24. The van der Waals surface area contributed by atoms with Gasteiger partial charge in [-0.05, 0) is 40.0 Å². The summed E-state index contributed by atoms with van der Waals surface area (Å²) in [6.07, 6.45) is 1.34. The summed E-state index contributed by atoms with van der Waals surface area (Å²) in [5, 5.41) is 5.02. The molecule has 0 aromatic carbocycles. The predicted octanol–water partition coefficient (Wildman–Crippen LogP) is 0.298.